The van der Waals surface area contributed by atoms with Crippen molar-refractivity contribution < 1.29 is 18.7 Å². The first-order chi connectivity index (χ1) is 15.8. The molecule has 2 unspecified atom stereocenters. The number of rotatable bonds is 5. The van der Waals surface area contributed by atoms with E-state index in [1.165, 1.54) is 12.1 Å². The van der Waals surface area contributed by atoms with Crippen LogP contribution < -0.4 is 10.1 Å². The van der Waals surface area contributed by atoms with Crippen molar-refractivity contribution in [1.82, 2.24) is 4.90 Å². The number of anilines is 1. The van der Waals surface area contributed by atoms with Gasteiger partial charge >= 0.3 is 0 Å². The summed E-state index contributed by atoms with van der Waals surface area (Å²) in [6.07, 6.45) is 8.94. The molecule has 0 aromatic heterocycles. The number of halogens is 2. The van der Waals surface area contributed by atoms with Crippen LogP contribution in [-0.4, -0.2) is 35.4 Å². The van der Waals surface area contributed by atoms with E-state index in [4.69, 9.17) is 16.3 Å². The number of piperidine rings is 1. The molecule has 2 aliphatic carbocycles. The molecule has 0 bridgehead atoms. The standard InChI is InChI=1S/C26H34ClFN2O3/c1-16-11-12-30(17(2)13-16)26(32)20-10-6-5-9-19(20)25(31)29-23-15-24(21(27)14-22(23)28)33-18-7-3-4-8-18/h14-18H,3-13H2,1-2H3,(H,29,31). The van der Waals surface area contributed by atoms with Crippen LogP contribution in [0.3, 0.4) is 0 Å². The first-order valence-corrected chi connectivity index (χ1v) is 12.7. The summed E-state index contributed by atoms with van der Waals surface area (Å²) >= 11 is 6.20. The molecule has 3 aliphatic rings. The van der Waals surface area contributed by atoms with Gasteiger partial charge < -0.3 is 15.0 Å². The molecule has 1 aromatic carbocycles. The molecular weight excluding hydrogens is 443 g/mol. The van der Waals surface area contributed by atoms with Gasteiger partial charge in [-0.25, -0.2) is 4.39 Å². The number of amides is 2. The summed E-state index contributed by atoms with van der Waals surface area (Å²) < 4.78 is 20.6. The number of nitrogens with one attached hydrogen (secondary N) is 1. The zero-order valence-corrected chi connectivity index (χ0v) is 20.3. The minimum Gasteiger partial charge on any atom is -0.489 e. The summed E-state index contributed by atoms with van der Waals surface area (Å²) in [6.45, 7) is 5.00. The van der Waals surface area contributed by atoms with Crippen LogP contribution in [0.4, 0.5) is 10.1 Å². The number of nitrogens with zero attached hydrogens (tertiary/aromatic N) is 1. The number of hydrogen-bond acceptors (Lipinski definition) is 3. The van der Waals surface area contributed by atoms with Crippen molar-refractivity contribution in [3.05, 3.63) is 34.1 Å². The van der Waals surface area contributed by atoms with Gasteiger partial charge in [-0.2, -0.15) is 0 Å². The number of benzene rings is 1. The Hall–Kier alpha value is -2.08. The third-order valence-corrected chi connectivity index (χ3v) is 7.56. The molecule has 0 radical (unpaired) electrons. The highest BCUT2D eigenvalue weighted by atomic mass is 35.5. The van der Waals surface area contributed by atoms with E-state index in [1.54, 1.807) is 0 Å². The molecule has 5 nitrogen and oxygen atoms in total. The van der Waals surface area contributed by atoms with Crippen molar-refractivity contribution in [2.75, 3.05) is 11.9 Å². The molecule has 2 fully saturated rings. The largest absolute Gasteiger partial charge is 0.489 e. The van der Waals surface area contributed by atoms with Crippen LogP contribution in [0.15, 0.2) is 23.3 Å². The molecule has 180 valence electrons. The first kappa shape index (κ1) is 24.1. The molecule has 1 aliphatic heterocycles. The molecule has 1 saturated heterocycles. The minimum atomic E-state index is -0.616. The first-order valence-electron chi connectivity index (χ1n) is 12.3. The van der Waals surface area contributed by atoms with Gasteiger partial charge in [0.05, 0.1) is 16.8 Å². The van der Waals surface area contributed by atoms with Crippen LogP contribution in [-0.2, 0) is 9.59 Å². The van der Waals surface area contributed by atoms with Gasteiger partial charge in [0, 0.05) is 29.8 Å². The molecule has 1 saturated carbocycles. The number of hydrogen-bond donors (Lipinski definition) is 1. The maximum absolute atomic E-state index is 14.7. The Morgan fingerprint density at radius 1 is 1.06 bits per heavy atom. The number of carbonyl (C=O) groups is 2. The molecule has 7 heteroatoms. The van der Waals surface area contributed by atoms with Crippen molar-refractivity contribution in [2.45, 2.75) is 90.2 Å². The quantitative estimate of drug-likeness (QED) is 0.545. The van der Waals surface area contributed by atoms with Gasteiger partial charge in [0.1, 0.15) is 11.6 Å². The van der Waals surface area contributed by atoms with Crippen molar-refractivity contribution in [3.63, 3.8) is 0 Å². The fourth-order valence-corrected chi connectivity index (χ4v) is 5.57. The highest BCUT2D eigenvalue weighted by molar-refractivity contribution is 6.32. The van der Waals surface area contributed by atoms with E-state index in [-0.39, 0.29) is 28.8 Å². The molecule has 2 amide bonds. The summed E-state index contributed by atoms with van der Waals surface area (Å²) in [7, 11) is 0. The van der Waals surface area contributed by atoms with Crippen molar-refractivity contribution in [1.29, 1.82) is 0 Å². The Morgan fingerprint density at radius 2 is 1.76 bits per heavy atom. The van der Waals surface area contributed by atoms with Gasteiger partial charge in [-0.3, -0.25) is 9.59 Å². The Labute approximate surface area is 200 Å². The molecule has 1 N–H and O–H groups in total. The van der Waals surface area contributed by atoms with Crippen LogP contribution >= 0.6 is 11.6 Å². The average Bonchev–Trinajstić information content (AvgIpc) is 3.30. The molecule has 4 rings (SSSR count). The summed E-state index contributed by atoms with van der Waals surface area (Å²) in [4.78, 5) is 28.5. The zero-order valence-electron chi connectivity index (χ0n) is 19.6. The zero-order chi connectivity index (χ0) is 23.5. The topological polar surface area (TPSA) is 58.6 Å². The lowest BCUT2D eigenvalue weighted by molar-refractivity contribution is -0.131. The van der Waals surface area contributed by atoms with Crippen LogP contribution in [0, 0.1) is 11.7 Å². The van der Waals surface area contributed by atoms with E-state index in [0.29, 0.717) is 42.2 Å². The summed E-state index contributed by atoms with van der Waals surface area (Å²) in [5, 5.41) is 2.89. The third kappa shape index (κ3) is 5.53. The number of likely N-dealkylation sites (tertiary alicyclic amines) is 1. The Bertz CT molecular complexity index is 942. The number of ether oxygens (including phenoxy) is 1. The van der Waals surface area contributed by atoms with Gasteiger partial charge in [0.15, 0.2) is 0 Å². The SMILES string of the molecule is CC1CCN(C(=O)C2=C(C(=O)Nc3cc(OC4CCCC4)c(Cl)cc3F)CCCC2)C(C)C1. The Morgan fingerprint density at radius 3 is 2.45 bits per heavy atom. The van der Waals surface area contributed by atoms with E-state index in [2.05, 4.69) is 19.2 Å². The monoisotopic (exact) mass is 476 g/mol. The smallest absolute Gasteiger partial charge is 0.252 e. The maximum atomic E-state index is 14.7. The van der Waals surface area contributed by atoms with E-state index in [9.17, 15) is 14.0 Å². The van der Waals surface area contributed by atoms with Crippen molar-refractivity contribution in [2.24, 2.45) is 5.92 Å². The van der Waals surface area contributed by atoms with E-state index in [0.717, 1.165) is 51.4 Å². The van der Waals surface area contributed by atoms with Crippen molar-refractivity contribution in [3.8, 4) is 5.75 Å². The molecule has 33 heavy (non-hydrogen) atoms. The Kier molecular flexibility index (Phi) is 7.62. The van der Waals surface area contributed by atoms with E-state index >= 15 is 0 Å². The van der Waals surface area contributed by atoms with Gasteiger partial charge in [0.2, 0.25) is 5.91 Å². The van der Waals surface area contributed by atoms with Gasteiger partial charge in [-0.05, 0) is 83.1 Å². The Balaban J connectivity index is 1.54. The van der Waals surface area contributed by atoms with Crippen LogP contribution in [0.25, 0.3) is 0 Å². The second kappa shape index (κ2) is 10.5. The molecule has 1 aromatic rings. The minimum absolute atomic E-state index is 0.0300. The highest BCUT2D eigenvalue weighted by Gasteiger charge is 2.32. The van der Waals surface area contributed by atoms with Gasteiger partial charge in [-0.1, -0.05) is 18.5 Å². The third-order valence-electron chi connectivity index (χ3n) is 7.26. The van der Waals surface area contributed by atoms with Crippen LogP contribution in [0.2, 0.25) is 5.02 Å². The summed E-state index contributed by atoms with van der Waals surface area (Å²) in [6, 6.07) is 2.80. The highest BCUT2D eigenvalue weighted by Crippen LogP contribution is 2.35. The lowest BCUT2D eigenvalue weighted by atomic mass is 9.88. The fourth-order valence-electron chi connectivity index (χ4n) is 5.37. The summed E-state index contributed by atoms with van der Waals surface area (Å²) in [5.41, 5.74) is 1.09. The van der Waals surface area contributed by atoms with Crippen LogP contribution in [0.1, 0.15) is 78.1 Å². The molecule has 0 spiro atoms. The molecule has 2 atom stereocenters. The van der Waals surface area contributed by atoms with Gasteiger partial charge in [-0.15, -0.1) is 0 Å². The van der Waals surface area contributed by atoms with Gasteiger partial charge in [0.25, 0.3) is 5.91 Å². The lowest BCUT2D eigenvalue weighted by Crippen LogP contribution is -2.45. The lowest BCUT2D eigenvalue weighted by Gasteiger charge is -2.38. The van der Waals surface area contributed by atoms with E-state index in [1.807, 2.05) is 4.90 Å². The predicted molar refractivity (Wildman–Crippen MR) is 128 cm³/mol. The fraction of sp³-hybridized carbons (Fsp3) is 0.615. The predicted octanol–water partition coefficient (Wildman–Crippen LogP) is 6.26. The second-order valence-electron chi connectivity index (χ2n) is 9.88. The van der Waals surface area contributed by atoms with Crippen molar-refractivity contribution >= 4 is 29.1 Å². The summed E-state index contributed by atoms with van der Waals surface area (Å²) in [5.74, 6) is -0.0913. The maximum Gasteiger partial charge on any atom is 0.252 e. The molecule has 1 heterocycles. The van der Waals surface area contributed by atoms with E-state index < -0.39 is 11.7 Å². The number of carbonyl (C=O) groups excluding carboxylic acids is 2. The second-order valence-corrected chi connectivity index (χ2v) is 10.3. The van der Waals surface area contributed by atoms with Crippen LogP contribution in [0.5, 0.6) is 5.75 Å². The normalized spacial score (nSPS) is 24.2. The molecular formula is C26H34ClFN2O3. The average molecular weight is 477 g/mol.